The van der Waals surface area contributed by atoms with Crippen molar-refractivity contribution in [1.29, 1.82) is 0 Å². The van der Waals surface area contributed by atoms with E-state index in [1.165, 1.54) is 6.07 Å². The van der Waals surface area contributed by atoms with E-state index in [0.29, 0.717) is 17.0 Å². The van der Waals surface area contributed by atoms with Gasteiger partial charge in [-0.3, -0.25) is 4.40 Å². The molecule has 0 aliphatic heterocycles. The lowest BCUT2D eigenvalue weighted by Crippen LogP contribution is -1.85. The number of nitrogens with zero attached hydrogens (tertiary/aromatic N) is 3. The summed E-state index contributed by atoms with van der Waals surface area (Å²) in [5, 5.41) is 0. The first kappa shape index (κ1) is 11.8. The highest BCUT2D eigenvalue weighted by molar-refractivity contribution is 9.10. The molecule has 0 aliphatic rings. The minimum Gasteiger partial charge on any atom is -0.289 e. The van der Waals surface area contributed by atoms with Crippen molar-refractivity contribution < 1.29 is 4.39 Å². The maximum absolute atomic E-state index is 13.8. The summed E-state index contributed by atoms with van der Waals surface area (Å²) in [5.74, 6) is 0.230. The molecule has 0 fully saturated rings. The molecule has 0 amide bonds. The van der Waals surface area contributed by atoms with E-state index in [2.05, 4.69) is 41.8 Å². The van der Waals surface area contributed by atoms with Crippen LogP contribution in [0.25, 0.3) is 17.0 Å². The summed E-state index contributed by atoms with van der Waals surface area (Å²) in [5.41, 5.74) is 1.00. The smallest absolute Gasteiger partial charge is 0.234 e. The fraction of sp³-hybridized carbons (Fsp3) is 0. The van der Waals surface area contributed by atoms with Gasteiger partial charge in [-0.05, 0) is 34.1 Å². The summed E-state index contributed by atoms with van der Waals surface area (Å²) in [4.78, 5) is 8.45. The van der Waals surface area contributed by atoms with Crippen LogP contribution in [0.15, 0.2) is 45.7 Å². The third kappa shape index (κ3) is 2.06. The number of fused-ring (bicyclic) bond motifs is 1. The molecule has 0 radical (unpaired) electrons. The molecule has 3 aromatic rings. The van der Waals surface area contributed by atoms with Crippen molar-refractivity contribution in [3.63, 3.8) is 0 Å². The number of rotatable bonds is 1. The number of aromatic nitrogens is 3. The Bertz CT molecular complexity index is 739. The van der Waals surface area contributed by atoms with Crippen molar-refractivity contribution >= 4 is 37.6 Å². The van der Waals surface area contributed by atoms with Crippen LogP contribution in [0.3, 0.4) is 0 Å². The molecule has 90 valence electrons. The quantitative estimate of drug-likeness (QED) is 0.646. The van der Waals surface area contributed by atoms with E-state index in [4.69, 9.17) is 0 Å². The molecule has 3 rings (SSSR count). The molecule has 18 heavy (non-hydrogen) atoms. The molecule has 0 saturated carbocycles. The molecule has 0 N–H and O–H groups in total. The van der Waals surface area contributed by atoms with Crippen LogP contribution in [0.1, 0.15) is 0 Å². The summed E-state index contributed by atoms with van der Waals surface area (Å²) >= 11 is 6.66. The molecule has 0 unspecified atom stereocenters. The first-order valence-corrected chi connectivity index (χ1v) is 6.68. The van der Waals surface area contributed by atoms with Crippen LogP contribution in [0, 0.1) is 5.82 Å². The number of halogens is 3. The molecule has 3 nitrogen and oxygen atoms in total. The highest BCUT2D eigenvalue weighted by Crippen LogP contribution is 2.25. The third-order valence-corrected chi connectivity index (χ3v) is 3.39. The van der Waals surface area contributed by atoms with Crippen molar-refractivity contribution in [2.45, 2.75) is 0 Å². The van der Waals surface area contributed by atoms with Gasteiger partial charge in [0, 0.05) is 28.6 Å². The molecule has 0 saturated heterocycles. The Hall–Kier alpha value is -1.27. The molecule has 0 bridgehead atoms. The van der Waals surface area contributed by atoms with Crippen LogP contribution in [0.2, 0.25) is 0 Å². The van der Waals surface area contributed by atoms with Crippen molar-refractivity contribution in [2.24, 2.45) is 0 Å². The summed E-state index contributed by atoms with van der Waals surface area (Å²) in [7, 11) is 0. The Morgan fingerprint density at radius 1 is 1.11 bits per heavy atom. The lowest BCUT2D eigenvalue weighted by Gasteiger charge is -1.99. The van der Waals surface area contributed by atoms with Gasteiger partial charge in [0.2, 0.25) is 5.78 Å². The predicted molar refractivity (Wildman–Crippen MR) is 73.8 cm³/mol. The SMILES string of the molecule is Fc1ccc(Br)cc1-c1cn2cc(Br)cnc2n1. The fourth-order valence-corrected chi connectivity index (χ4v) is 2.37. The number of hydrogen-bond donors (Lipinski definition) is 0. The van der Waals surface area contributed by atoms with E-state index in [1.54, 1.807) is 28.9 Å². The van der Waals surface area contributed by atoms with Gasteiger partial charge >= 0.3 is 0 Å². The normalized spacial score (nSPS) is 11.1. The van der Waals surface area contributed by atoms with E-state index in [0.717, 1.165) is 8.95 Å². The third-order valence-electron chi connectivity index (χ3n) is 2.48. The minimum absolute atomic E-state index is 0.305. The molecule has 0 spiro atoms. The van der Waals surface area contributed by atoms with Gasteiger partial charge in [0.05, 0.1) is 10.2 Å². The maximum Gasteiger partial charge on any atom is 0.234 e. The number of imidazole rings is 1. The van der Waals surface area contributed by atoms with Crippen LogP contribution >= 0.6 is 31.9 Å². The van der Waals surface area contributed by atoms with Crippen molar-refractivity contribution in [3.8, 4) is 11.3 Å². The molecule has 1 aromatic carbocycles. The largest absolute Gasteiger partial charge is 0.289 e. The Morgan fingerprint density at radius 3 is 2.78 bits per heavy atom. The Balaban J connectivity index is 2.22. The minimum atomic E-state index is -0.305. The van der Waals surface area contributed by atoms with Crippen molar-refractivity contribution in [2.75, 3.05) is 0 Å². The van der Waals surface area contributed by atoms with E-state index in [-0.39, 0.29) is 5.82 Å². The Kier molecular flexibility index (Phi) is 2.91. The fourth-order valence-electron chi connectivity index (χ4n) is 1.68. The van der Waals surface area contributed by atoms with Gasteiger partial charge in [-0.1, -0.05) is 15.9 Å². The van der Waals surface area contributed by atoms with Gasteiger partial charge in [0.15, 0.2) is 0 Å². The molecule has 2 heterocycles. The summed E-state index contributed by atoms with van der Waals surface area (Å²) < 4.78 is 17.2. The predicted octanol–water partition coefficient (Wildman–Crippen LogP) is 4.06. The Labute approximate surface area is 119 Å². The van der Waals surface area contributed by atoms with E-state index >= 15 is 0 Å². The zero-order valence-electron chi connectivity index (χ0n) is 8.94. The molecule has 0 aliphatic carbocycles. The molecule has 6 heteroatoms. The maximum atomic E-state index is 13.8. The van der Waals surface area contributed by atoms with E-state index < -0.39 is 0 Å². The van der Waals surface area contributed by atoms with Gasteiger partial charge in [-0.2, -0.15) is 0 Å². The van der Waals surface area contributed by atoms with Crippen LogP contribution < -0.4 is 0 Å². The van der Waals surface area contributed by atoms with E-state index in [9.17, 15) is 4.39 Å². The zero-order valence-corrected chi connectivity index (χ0v) is 12.1. The lowest BCUT2D eigenvalue weighted by atomic mass is 10.1. The topological polar surface area (TPSA) is 30.2 Å². The van der Waals surface area contributed by atoms with E-state index in [1.807, 2.05) is 6.20 Å². The van der Waals surface area contributed by atoms with Gasteiger partial charge in [-0.15, -0.1) is 0 Å². The van der Waals surface area contributed by atoms with Crippen LogP contribution in [-0.2, 0) is 0 Å². The zero-order chi connectivity index (χ0) is 12.7. The van der Waals surface area contributed by atoms with Gasteiger partial charge in [0.1, 0.15) is 5.82 Å². The summed E-state index contributed by atoms with van der Waals surface area (Å²) in [6.45, 7) is 0. The number of hydrogen-bond acceptors (Lipinski definition) is 2. The molecule has 2 aromatic heterocycles. The summed E-state index contributed by atoms with van der Waals surface area (Å²) in [6.07, 6.45) is 5.23. The second kappa shape index (κ2) is 4.44. The molecule has 0 atom stereocenters. The van der Waals surface area contributed by atoms with Gasteiger partial charge in [0.25, 0.3) is 0 Å². The van der Waals surface area contributed by atoms with Crippen LogP contribution in [0.5, 0.6) is 0 Å². The first-order valence-electron chi connectivity index (χ1n) is 5.09. The number of benzene rings is 1. The Morgan fingerprint density at radius 2 is 1.94 bits per heavy atom. The second-order valence-electron chi connectivity index (χ2n) is 3.73. The standard InChI is InChI=1S/C12H6Br2FN3/c13-7-1-2-10(15)9(3-7)11-6-18-5-8(14)4-16-12(18)17-11/h1-6H. The highest BCUT2D eigenvalue weighted by Gasteiger charge is 2.10. The van der Waals surface area contributed by atoms with Crippen molar-refractivity contribution in [1.82, 2.24) is 14.4 Å². The van der Waals surface area contributed by atoms with Gasteiger partial charge in [-0.25, -0.2) is 14.4 Å². The van der Waals surface area contributed by atoms with Gasteiger partial charge < -0.3 is 0 Å². The second-order valence-corrected chi connectivity index (χ2v) is 5.56. The molecular weight excluding hydrogens is 365 g/mol. The van der Waals surface area contributed by atoms with Crippen molar-refractivity contribution in [3.05, 3.63) is 51.6 Å². The summed E-state index contributed by atoms with van der Waals surface area (Å²) in [6, 6.07) is 4.77. The molecular formula is C12H6Br2FN3. The van der Waals surface area contributed by atoms with Crippen LogP contribution in [0.4, 0.5) is 4.39 Å². The highest BCUT2D eigenvalue weighted by atomic mass is 79.9. The first-order chi connectivity index (χ1) is 8.63. The average molecular weight is 371 g/mol. The lowest BCUT2D eigenvalue weighted by molar-refractivity contribution is 0.630. The average Bonchev–Trinajstić information content (AvgIpc) is 2.74. The monoisotopic (exact) mass is 369 g/mol. The van der Waals surface area contributed by atoms with Crippen LogP contribution in [-0.4, -0.2) is 14.4 Å².